The maximum atomic E-state index is 13.7. The Morgan fingerprint density at radius 2 is 1.72 bits per heavy atom. The van der Waals surface area contributed by atoms with E-state index < -0.39 is 17.6 Å². The molecule has 0 aliphatic rings. The predicted molar refractivity (Wildman–Crippen MR) is 110 cm³/mol. The summed E-state index contributed by atoms with van der Waals surface area (Å²) < 4.78 is 19.5. The minimum atomic E-state index is -0.759. The molecule has 0 unspecified atom stereocenters. The van der Waals surface area contributed by atoms with Crippen molar-refractivity contribution in [1.82, 2.24) is 5.32 Å². The van der Waals surface area contributed by atoms with Gasteiger partial charge in [0, 0.05) is 5.69 Å². The molecule has 0 heterocycles. The number of anilines is 1. The maximum Gasteiger partial charge on any atom is 0.256 e. The number of nitrogens with one attached hydrogen (secondary N) is 2. The molecule has 0 fully saturated rings. The number of rotatable bonds is 6. The molecule has 0 saturated carbocycles. The van der Waals surface area contributed by atoms with Crippen molar-refractivity contribution in [2.24, 2.45) is 0 Å². The Hall–Kier alpha value is -3.38. The number of carbonyl (C=O) groups is 2. The second-order valence-corrected chi connectivity index (χ2v) is 6.68. The van der Waals surface area contributed by atoms with Crippen LogP contribution in [0.4, 0.5) is 10.1 Å². The lowest BCUT2D eigenvalue weighted by atomic mass is 10.2. The van der Waals surface area contributed by atoms with Crippen molar-refractivity contribution in [3.05, 3.63) is 88.7 Å². The Bertz CT molecular complexity index is 1020. The van der Waals surface area contributed by atoms with E-state index in [0.29, 0.717) is 11.4 Å². The number of ether oxygens (including phenoxy) is 1. The van der Waals surface area contributed by atoms with Crippen LogP contribution in [0.15, 0.2) is 66.7 Å². The van der Waals surface area contributed by atoms with E-state index in [1.54, 1.807) is 24.3 Å². The topological polar surface area (TPSA) is 67.4 Å². The fourth-order valence-electron chi connectivity index (χ4n) is 2.59. The second kappa shape index (κ2) is 9.21. The molecule has 0 bridgehead atoms. The molecule has 0 aliphatic carbocycles. The van der Waals surface area contributed by atoms with Gasteiger partial charge in [-0.3, -0.25) is 9.59 Å². The largest absolute Gasteiger partial charge is 0.457 e. The highest BCUT2D eigenvalue weighted by molar-refractivity contribution is 6.33. The Kier molecular flexibility index (Phi) is 6.46. The van der Waals surface area contributed by atoms with Crippen LogP contribution in [0.2, 0.25) is 5.02 Å². The van der Waals surface area contributed by atoms with Crippen LogP contribution in [0.25, 0.3) is 0 Å². The van der Waals surface area contributed by atoms with Gasteiger partial charge in [0.05, 0.1) is 17.1 Å². The normalized spacial score (nSPS) is 10.3. The summed E-state index contributed by atoms with van der Waals surface area (Å²) in [5.74, 6) is -0.629. The van der Waals surface area contributed by atoms with Gasteiger partial charge in [-0.1, -0.05) is 29.8 Å². The summed E-state index contributed by atoms with van der Waals surface area (Å²) >= 11 is 5.84. The molecule has 7 heteroatoms. The van der Waals surface area contributed by atoms with Crippen molar-refractivity contribution < 1.29 is 18.7 Å². The minimum Gasteiger partial charge on any atom is -0.457 e. The first kappa shape index (κ1) is 20.4. The van der Waals surface area contributed by atoms with Crippen LogP contribution in [0.1, 0.15) is 15.9 Å². The van der Waals surface area contributed by atoms with Gasteiger partial charge in [-0.05, 0) is 61.0 Å². The Balaban J connectivity index is 1.53. The average Bonchev–Trinajstić information content (AvgIpc) is 2.68. The summed E-state index contributed by atoms with van der Waals surface area (Å²) in [5, 5.41) is 4.97. The van der Waals surface area contributed by atoms with Gasteiger partial charge in [0.2, 0.25) is 5.91 Å². The SMILES string of the molecule is Cc1cccc(Oc2ccc(NC(=O)CNC(=O)c3c(F)cccc3Cl)cc2)c1. The molecule has 0 spiro atoms. The third-order valence-electron chi connectivity index (χ3n) is 3.96. The molecule has 0 radical (unpaired) electrons. The molecule has 29 heavy (non-hydrogen) atoms. The lowest BCUT2D eigenvalue weighted by Gasteiger charge is -2.10. The third-order valence-corrected chi connectivity index (χ3v) is 4.28. The first-order valence-electron chi connectivity index (χ1n) is 8.79. The fraction of sp³-hybridized carbons (Fsp3) is 0.0909. The highest BCUT2D eigenvalue weighted by atomic mass is 35.5. The van der Waals surface area contributed by atoms with Gasteiger partial charge in [0.25, 0.3) is 5.91 Å². The lowest BCUT2D eigenvalue weighted by molar-refractivity contribution is -0.115. The van der Waals surface area contributed by atoms with Crippen molar-refractivity contribution in [2.45, 2.75) is 6.92 Å². The van der Waals surface area contributed by atoms with E-state index >= 15 is 0 Å². The zero-order valence-corrected chi connectivity index (χ0v) is 16.3. The maximum absolute atomic E-state index is 13.7. The van der Waals surface area contributed by atoms with Crippen LogP contribution in [0.5, 0.6) is 11.5 Å². The molecule has 0 aromatic heterocycles. The van der Waals surface area contributed by atoms with Crippen molar-refractivity contribution in [2.75, 3.05) is 11.9 Å². The Morgan fingerprint density at radius 1 is 1.00 bits per heavy atom. The first-order chi connectivity index (χ1) is 13.9. The van der Waals surface area contributed by atoms with E-state index in [1.165, 1.54) is 12.1 Å². The third kappa shape index (κ3) is 5.56. The summed E-state index contributed by atoms with van der Waals surface area (Å²) in [5.41, 5.74) is 1.33. The van der Waals surface area contributed by atoms with Gasteiger partial charge in [-0.2, -0.15) is 0 Å². The van der Waals surface area contributed by atoms with Crippen molar-refractivity contribution in [1.29, 1.82) is 0 Å². The van der Waals surface area contributed by atoms with Crippen molar-refractivity contribution >= 4 is 29.1 Å². The summed E-state index contributed by atoms with van der Waals surface area (Å²) in [6.45, 7) is 1.65. The molecule has 0 atom stereocenters. The molecule has 2 N–H and O–H groups in total. The highest BCUT2D eigenvalue weighted by Crippen LogP contribution is 2.23. The van der Waals surface area contributed by atoms with E-state index in [4.69, 9.17) is 16.3 Å². The van der Waals surface area contributed by atoms with Gasteiger partial charge < -0.3 is 15.4 Å². The summed E-state index contributed by atoms with van der Waals surface area (Å²) in [7, 11) is 0. The first-order valence-corrected chi connectivity index (χ1v) is 9.17. The Morgan fingerprint density at radius 3 is 2.41 bits per heavy atom. The zero-order chi connectivity index (χ0) is 20.8. The Labute approximate surface area is 172 Å². The van der Waals surface area contributed by atoms with Crippen LogP contribution in [-0.2, 0) is 4.79 Å². The van der Waals surface area contributed by atoms with Crippen molar-refractivity contribution in [3.8, 4) is 11.5 Å². The molecule has 2 amide bonds. The van der Waals surface area contributed by atoms with E-state index in [2.05, 4.69) is 10.6 Å². The van der Waals surface area contributed by atoms with Crippen LogP contribution in [0, 0.1) is 12.7 Å². The molecule has 0 saturated heterocycles. The van der Waals surface area contributed by atoms with Gasteiger partial charge in [-0.25, -0.2) is 4.39 Å². The van der Waals surface area contributed by atoms with Gasteiger partial charge in [-0.15, -0.1) is 0 Å². The molecule has 0 aliphatic heterocycles. The number of aryl methyl sites for hydroxylation is 1. The molecular weight excluding hydrogens is 395 g/mol. The fourth-order valence-corrected chi connectivity index (χ4v) is 2.84. The number of hydrogen-bond acceptors (Lipinski definition) is 3. The molecule has 3 aromatic rings. The van der Waals surface area contributed by atoms with Crippen LogP contribution in [0.3, 0.4) is 0 Å². The van der Waals surface area contributed by atoms with Gasteiger partial charge in [0.1, 0.15) is 17.3 Å². The van der Waals surface area contributed by atoms with Crippen molar-refractivity contribution in [3.63, 3.8) is 0 Å². The minimum absolute atomic E-state index is 0.0212. The zero-order valence-electron chi connectivity index (χ0n) is 15.5. The molecule has 3 rings (SSSR count). The smallest absolute Gasteiger partial charge is 0.256 e. The number of halogens is 2. The number of amides is 2. The molecule has 3 aromatic carbocycles. The standard InChI is InChI=1S/C22H18ClFN2O3/c1-14-4-2-5-17(12-14)29-16-10-8-15(9-11-16)26-20(27)13-25-22(28)21-18(23)6-3-7-19(21)24/h2-12H,13H2,1H3,(H,25,28)(H,26,27). The second-order valence-electron chi connectivity index (χ2n) is 6.27. The van der Waals surface area contributed by atoms with E-state index in [0.717, 1.165) is 17.4 Å². The van der Waals surface area contributed by atoms with Crippen LogP contribution < -0.4 is 15.4 Å². The van der Waals surface area contributed by atoms with E-state index in [9.17, 15) is 14.0 Å². The van der Waals surface area contributed by atoms with Crippen LogP contribution >= 0.6 is 11.6 Å². The number of hydrogen-bond donors (Lipinski definition) is 2. The van der Waals surface area contributed by atoms with Gasteiger partial charge in [0.15, 0.2) is 0 Å². The molecule has 5 nitrogen and oxygen atoms in total. The summed E-state index contributed by atoms with van der Waals surface area (Å²) in [6, 6.07) is 18.4. The van der Waals surface area contributed by atoms with E-state index in [-0.39, 0.29) is 17.1 Å². The number of carbonyl (C=O) groups excluding carboxylic acids is 2. The lowest BCUT2D eigenvalue weighted by Crippen LogP contribution is -2.33. The average molecular weight is 413 g/mol. The molecular formula is C22H18ClFN2O3. The molecule has 148 valence electrons. The monoisotopic (exact) mass is 412 g/mol. The summed E-state index contributed by atoms with van der Waals surface area (Å²) in [4.78, 5) is 24.1. The van der Waals surface area contributed by atoms with Crippen LogP contribution in [-0.4, -0.2) is 18.4 Å². The highest BCUT2D eigenvalue weighted by Gasteiger charge is 2.16. The quantitative estimate of drug-likeness (QED) is 0.602. The van der Waals surface area contributed by atoms with E-state index in [1.807, 2.05) is 31.2 Å². The number of benzene rings is 3. The summed E-state index contributed by atoms with van der Waals surface area (Å²) in [6.07, 6.45) is 0. The predicted octanol–water partition coefficient (Wildman–Crippen LogP) is 4.95. The van der Waals surface area contributed by atoms with Gasteiger partial charge >= 0.3 is 0 Å².